The van der Waals surface area contributed by atoms with E-state index in [0.29, 0.717) is 12.5 Å². The standard InChI is InChI=1S/C20H26N4O3/c1-3-20(2)18(26)24(19(27)21-20)22-17(25)12-23(14-9-10-14)16-11-8-13-6-4-5-7-15(13)16/h4-7,14,16H,3,8-12H2,1-2H3,(H,21,27)(H,22,25)/t16-,20+/m0/s1. The van der Waals surface area contributed by atoms with Crippen LogP contribution in [0.25, 0.3) is 0 Å². The van der Waals surface area contributed by atoms with Crippen LogP contribution in [0.15, 0.2) is 24.3 Å². The molecule has 3 aliphatic rings. The third-order valence-electron chi connectivity index (χ3n) is 6.05. The summed E-state index contributed by atoms with van der Waals surface area (Å²) >= 11 is 0. The number of aryl methyl sites for hydroxylation is 1. The van der Waals surface area contributed by atoms with Gasteiger partial charge in [0.2, 0.25) is 0 Å². The molecule has 1 heterocycles. The average molecular weight is 370 g/mol. The summed E-state index contributed by atoms with van der Waals surface area (Å²) in [6.45, 7) is 3.69. The predicted molar refractivity (Wildman–Crippen MR) is 99.4 cm³/mol. The molecule has 2 fully saturated rings. The Balaban J connectivity index is 1.45. The molecule has 0 radical (unpaired) electrons. The number of amides is 4. The van der Waals surface area contributed by atoms with Crippen molar-refractivity contribution in [3.05, 3.63) is 35.4 Å². The van der Waals surface area contributed by atoms with E-state index in [-0.39, 0.29) is 18.5 Å². The van der Waals surface area contributed by atoms with Gasteiger partial charge < -0.3 is 5.32 Å². The summed E-state index contributed by atoms with van der Waals surface area (Å²) in [7, 11) is 0. The summed E-state index contributed by atoms with van der Waals surface area (Å²) < 4.78 is 0. The zero-order chi connectivity index (χ0) is 19.2. The molecule has 27 heavy (non-hydrogen) atoms. The summed E-state index contributed by atoms with van der Waals surface area (Å²) in [4.78, 5) is 39.5. The number of hydrazine groups is 1. The average Bonchev–Trinajstić information content (AvgIpc) is 3.38. The minimum Gasteiger partial charge on any atom is -0.322 e. The highest BCUT2D eigenvalue weighted by molar-refractivity contribution is 6.07. The van der Waals surface area contributed by atoms with Gasteiger partial charge in [-0.3, -0.25) is 19.9 Å². The molecule has 1 saturated heterocycles. The molecule has 1 aromatic rings. The summed E-state index contributed by atoms with van der Waals surface area (Å²) in [5.74, 6) is -0.734. The molecule has 2 aliphatic carbocycles. The Bertz CT molecular complexity index is 791. The van der Waals surface area contributed by atoms with Crippen molar-refractivity contribution in [1.82, 2.24) is 20.7 Å². The minimum atomic E-state index is -0.953. The predicted octanol–water partition coefficient (Wildman–Crippen LogP) is 1.89. The van der Waals surface area contributed by atoms with Crippen LogP contribution in [-0.4, -0.2) is 45.9 Å². The fraction of sp³-hybridized carbons (Fsp3) is 0.550. The fourth-order valence-electron chi connectivity index (χ4n) is 4.13. The molecule has 4 amide bonds. The van der Waals surface area contributed by atoms with Gasteiger partial charge in [-0.15, -0.1) is 0 Å². The molecule has 7 nitrogen and oxygen atoms in total. The van der Waals surface area contributed by atoms with Crippen molar-refractivity contribution in [1.29, 1.82) is 0 Å². The summed E-state index contributed by atoms with van der Waals surface area (Å²) in [5.41, 5.74) is 4.21. The van der Waals surface area contributed by atoms with Crippen LogP contribution in [0.4, 0.5) is 4.79 Å². The second-order valence-electron chi connectivity index (χ2n) is 7.95. The molecule has 0 spiro atoms. The van der Waals surface area contributed by atoms with Gasteiger partial charge in [-0.25, -0.2) is 4.79 Å². The van der Waals surface area contributed by atoms with Gasteiger partial charge in [0.15, 0.2) is 0 Å². The van der Waals surface area contributed by atoms with Gasteiger partial charge in [0.25, 0.3) is 11.8 Å². The minimum absolute atomic E-state index is 0.184. The fourth-order valence-corrected chi connectivity index (χ4v) is 4.13. The SMILES string of the molecule is CC[C@@]1(C)NC(=O)N(NC(=O)CN(C2CC2)[C@H]2CCc3ccccc32)C1=O. The normalized spacial score (nSPS) is 27.1. The van der Waals surface area contributed by atoms with Gasteiger partial charge in [0, 0.05) is 12.1 Å². The van der Waals surface area contributed by atoms with Crippen molar-refractivity contribution in [2.45, 2.75) is 63.6 Å². The number of benzene rings is 1. The molecule has 0 aromatic heterocycles. The van der Waals surface area contributed by atoms with Crippen molar-refractivity contribution in [3.63, 3.8) is 0 Å². The van der Waals surface area contributed by atoms with E-state index >= 15 is 0 Å². The molecule has 2 atom stereocenters. The lowest BCUT2D eigenvalue weighted by Gasteiger charge is -2.29. The first-order chi connectivity index (χ1) is 12.9. The van der Waals surface area contributed by atoms with Gasteiger partial charge in [0.05, 0.1) is 6.54 Å². The molecule has 4 rings (SSSR count). The maximum atomic E-state index is 12.7. The summed E-state index contributed by atoms with van der Waals surface area (Å²) in [5, 5.41) is 3.48. The zero-order valence-corrected chi connectivity index (χ0v) is 15.8. The first kappa shape index (κ1) is 18.0. The maximum Gasteiger partial charge on any atom is 0.344 e. The maximum absolute atomic E-state index is 12.7. The molecule has 1 aliphatic heterocycles. The van der Waals surface area contributed by atoms with Crippen molar-refractivity contribution in [2.75, 3.05) is 6.54 Å². The van der Waals surface area contributed by atoms with E-state index in [4.69, 9.17) is 0 Å². The van der Waals surface area contributed by atoms with Crippen molar-refractivity contribution in [2.24, 2.45) is 0 Å². The molecule has 0 bridgehead atoms. The van der Waals surface area contributed by atoms with Gasteiger partial charge in [0.1, 0.15) is 5.54 Å². The second kappa shape index (κ2) is 6.64. The van der Waals surface area contributed by atoms with E-state index < -0.39 is 17.5 Å². The van der Waals surface area contributed by atoms with Crippen LogP contribution in [0.2, 0.25) is 0 Å². The molecular formula is C20H26N4O3. The third-order valence-corrected chi connectivity index (χ3v) is 6.05. The number of urea groups is 1. The first-order valence-corrected chi connectivity index (χ1v) is 9.72. The van der Waals surface area contributed by atoms with E-state index in [0.717, 1.165) is 30.7 Å². The van der Waals surface area contributed by atoms with Gasteiger partial charge in [-0.2, -0.15) is 5.01 Å². The Morgan fingerprint density at radius 2 is 2.04 bits per heavy atom. The van der Waals surface area contributed by atoms with Crippen LogP contribution in [0, 0.1) is 0 Å². The number of imide groups is 1. The van der Waals surface area contributed by atoms with E-state index in [1.54, 1.807) is 6.92 Å². The van der Waals surface area contributed by atoms with Crippen LogP contribution in [0.5, 0.6) is 0 Å². The zero-order valence-electron chi connectivity index (χ0n) is 15.8. The number of carbonyl (C=O) groups excluding carboxylic acids is 3. The highest BCUT2D eigenvalue weighted by Gasteiger charge is 2.48. The number of hydrogen-bond donors (Lipinski definition) is 2. The highest BCUT2D eigenvalue weighted by Crippen LogP contribution is 2.41. The van der Waals surface area contributed by atoms with Crippen molar-refractivity contribution >= 4 is 17.8 Å². The van der Waals surface area contributed by atoms with E-state index in [2.05, 4.69) is 33.8 Å². The Labute approximate surface area is 159 Å². The quantitative estimate of drug-likeness (QED) is 0.750. The highest BCUT2D eigenvalue weighted by atomic mass is 16.2. The van der Waals surface area contributed by atoms with Crippen molar-refractivity contribution in [3.8, 4) is 0 Å². The van der Waals surface area contributed by atoms with Gasteiger partial charge in [-0.05, 0) is 50.2 Å². The number of hydrogen-bond acceptors (Lipinski definition) is 4. The van der Waals surface area contributed by atoms with Crippen LogP contribution in [0.1, 0.15) is 56.7 Å². The van der Waals surface area contributed by atoms with Crippen LogP contribution in [0.3, 0.4) is 0 Å². The topological polar surface area (TPSA) is 81.8 Å². The molecule has 7 heteroatoms. The molecule has 2 N–H and O–H groups in total. The van der Waals surface area contributed by atoms with E-state index in [9.17, 15) is 14.4 Å². The molecule has 144 valence electrons. The number of rotatable bonds is 6. The van der Waals surface area contributed by atoms with Gasteiger partial charge in [-0.1, -0.05) is 31.2 Å². The Hall–Kier alpha value is -2.41. The Morgan fingerprint density at radius 3 is 2.70 bits per heavy atom. The number of carbonyl (C=O) groups is 3. The van der Waals surface area contributed by atoms with E-state index in [1.165, 1.54) is 11.1 Å². The summed E-state index contributed by atoms with van der Waals surface area (Å²) in [6.07, 6.45) is 4.66. The first-order valence-electron chi connectivity index (χ1n) is 9.72. The smallest absolute Gasteiger partial charge is 0.322 e. The second-order valence-corrected chi connectivity index (χ2v) is 7.95. The lowest BCUT2D eigenvalue weighted by molar-refractivity contribution is -0.139. The van der Waals surface area contributed by atoms with Crippen LogP contribution < -0.4 is 10.7 Å². The summed E-state index contributed by atoms with van der Waals surface area (Å²) in [6, 6.07) is 8.45. The number of nitrogens with one attached hydrogen (secondary N) is 2. The van der Waals surface area contributed by atoms with Crippen LogP contribution in [-0.2, 0) is 16.0 Å². The van der Waals surface area contributed by atoms with Gasteiger partial charge >= 0.3 is 6.03 Å². The molecule has 1 saturated carbocycles. The van der Waals surface area contributed by atoms with Crippen molar-refractivity contribution < 1.29 is 14.4 Å². The molecular weight excluding hydrogens is 344 g/mol. The lowest BCUT2D eigenvalue weighted by atomic mass is 10.00. The molecule has 1 aromatic carbocycles. The molecule has 0 unspecified atom stereocenters. The number of nitrogens with zero attached hydrogens (tertiary/aromatic N) is 2. The van der Waals surface area contributed by atoms with E-state index in [1.807, 2.05) is 13.0 Å². The third kappa shape index (κ3) is 3.20. The largest absolute Gasteiger partial charge is 0.344 e. The monoisotopic (exact) mass is 370 g/mol. The number of fused-ring (bicyclic) bond motifs is 1. The Morgan fingerprint density at radius 1 is 1.30 bits per heavy atom. The Kier molecular flexibility index (Phi) is 4.42. The van der Waals surface area contributed by atoms with Crippen LogP contribution >= 0.6 is 0 Å². The lowest BCUT2D eigenvalue weighted by Crippen LogP contribution is -2.51.